The van der Waals surface area contributed by atoms with E-state index in [0.717, 1.165) is 11.3 Å². The van der Waals surface area contributed by atoms with Gasteiger partial charge in [0.15, 0.2) is 0 Å². The topological polar surface area (TPSA) is 113 Å². The maximum Gasteiger partial charge on any atom is 0.321 e. The highest BCUT2D eigenvalue weighted by atomic mass is 16.4. The number of aromatic nitrogens is 2. The van der Waals surface area contributed by atoms with Gasteiger partial charge < -0.3 is 10.4 Å². The van der Waals surface area contributed by atoms with Crippen LogP contribution in [0.15, 0.2) is 6.20 Å². The van der Waals surface area contributed by atoms with E-state index < -0.39 is 23.3 Å². The second-order valence-corrected chi connectivity index (χ2v) is 5.51. The molecule has 1 rings (SSSR count). The Bertz CT molecular complexity index is 563. The molecule has 0 aliphatic heterocycles. The number of carboxylic acids is 1. The van der Waals surface area contributed by atoms with Gasteiger partial charge in [-0.05, 0) is 20.8 Å². The third-order valence-corrected chi connectivity index (χ3v) is 2.99. The fraction of sp³-hybridized carbons (Fsp3) is 0.538. The summed E-state index contributed by atoms with van der Waals surface area (Å²) < 4.78 is 1.63. The Kier molecular flexibility index (Phi) is 5.07. The third-order valence-electron chi connectivity index (χ3n) is 2.99. The van der Waals surface area contributed by atoms with Gasteiger partial charge in [0.05, 0.1) is 11.1 Å². The van der Waals surface area contributed by atoms with Crippen LogP contribution >= 0.6 is 0 Å². The molecular weight excluding hydrogens is 276 g/mol. The molecule has 1 heterocycles. The van der Waals surface area contributed by atoms with Gasteiger partial charge in [0, 0.05) is 31.8 Å². The lowest BCUT2D eigenvalue weighted by Crippen LogP contribution is -2.41. The van der Waals surface area contributed by atoms with Crippen LogP contribution in [0.5, 0.6) is 0 Å². The Morgan fingerprint density at radius 1 is 1.38 bits per heavy atom. The highest BCUT2D eigenvalue weighted by Gasteiger charge is 2.30. The van der Waals surface area contributed by atoms with Crippen LogP contribution in [0.25, 0.3) is 0 Å². The summed E-state index contributed by atoms with van der Waals surface area (Å²) in [6.07, 6.45) is 1.49. The molecule has 0 bridgehead atoms. The van der Waals surface area contributed by atoms with Gasteiger partial charge >= 0.3 is 12.0 Å². The minimum atomic E-state index is -1.22. The highest BCUT2D eigenvalue weighted by molar-refractivity contribution is 5.96. The van der Waals surface area contributed by atoms with E-state index in [4.69, 9.17) is 5.11 Å². The van der Waals surface area contributed by atoms with E-state index in [1.54, 1.807) is 17.9 Å². The molecule has 0 aliphatic carbocycles. The second kappa shape index (κ2) is 6.38. The van der Waals surface area contributed by atoms with Crippen molar-refractivity contribution in [2.45, 2.75) is 33.7 Å². The molecule has 0 fully saturated rings. The van der Waals surface area contributed by atoms with Gasteiger partial charge in [-0.1, -0.05) is 0 Å². The Morgan fingerprint density at radius 2 is 2.00 bits per heavy atom. The predicted molar refractivity (Wildman–Crippen MR) is 74.4 cm³/mol. The molecule has 3 amide bonds. The summed E-state index contributed by atoms with van der Waals surface area (Å²) in [7, 11) is 1.77. The zero-order chi connectivity index (χ0) is 16.2. The second-order valence-electron chi connectivity index (χ2n) is 5.51. The molecule has 0 unspecified atom stereocenters. The molecular formula is C13H20N4O4. The molecule has 0 saturated carbocycles. The first kappa shape index (κ1) is 16.7. The molecule has 3 N–H and O–H groups in total. The van der Waals surface area contributed by atoms with Crippen molar-refractivity contribution in [3.8, 4) is 0 Å². The van der Waals surface area contributed by atoms with E-state index in [9.17, 15) is 14.4 Å². The molecule has 1 aromatic heterocycles. The molecule has 8 nitrogen and oxygen atoms in total. The van der Waals surface area contributed by atoms with E-state index in [1.165, 1.54) is 13.8 Å². The molecule has 0 spiro atoms. The molecule has 1 aromatic rings. The summed E-state index contributed by atoms with van der Waals surface area (Å²) in [5, 5.41) is 17.7. The van der Waals surface area contributed by atoms with E-state index >= 15 is 0 Å². The third kappa shape index (κ3) is 4.90. The number of nitrogens with zero attached hydrogens (tertiary/aromatic N) is 2. The minimum Gasteiger partial charge on any atom is -0.481 e. The number of imide groups is 1. The number of hydrogen-bond donors (Lipinski definition) is 3. The van der Waals surface area contributed by atoms with Gasteiger partial charge in [-0.2, -0.15) is 5.10 Å². The SMILES string of the molecule is Cc1nn(C)cc1CNC(=O)NC(=O)CC(C)(C)C(=O)O. The average molecular weight is 296 g/mol. The predicted octanol–water partition coefficient (Wildman–Crippen LogP) is 0.555. The van der Waals surface area contributed by atoms with Crippen molar-refractivity contribution in [3.63, 3.8) is 0 Å². The number of aryl methyl sites for hydroxylation is 2. The van der Waals surface area contributed by atoms with Crippen molar-refractivity contribution in [1.29, 1.82) is 0 Å². The van der Waals surface area contributed by atoms with E-state index in [1.807, 2.05) is 6.92 Å². The maximum atomic E-state index is 11.6. The average Bonchev–Trinajstić information content (AvgIpc) is 2.64. The van der Waals surface area contributed by atoms with Gasteiger partial charge in [-0.15, -0.1) is 0 Å². The highest BCUT2D eigenvalue weighted by Crippen LogP contribution is 2.19. The van der Waals surface area contributed by atoms with Crippen molar-refractivity contribution in [2.75, 3.05) is 0 Å². The van der Waals surface area contributed by atoms with Crippen LogP contribution in [-0.2, 0) is 23.2 Å². The first-order chi connectivity index (χ1) is 9.61. The fourth-order valence-corrected chi connectivity index (χ4v) is 1.69. The summed E-state index contributed by atoms with van der Waals surface area (Å²) in [5.41, 5.74) is 0.409. The van der Waals surface area contributed by atoms with Gasteiger partial charge in [0.25, 0.3) is 0 Å². The number of hydrogen-bond acceptors (Lipinski definition) is 4. The van der Waals surface area contributed by atoms with Crippen LogP contribution in [0.1, 0.15) is 31.5 Å². The molecule has 0 radical (unpaired) electrons. The van der Waals surface area contributed by atoms with Crippen LogP contribution < -0.4 is 10.6 Å². The van der Waals surface area contributed by atoms with Crippen LogP contribution in [0.3, 0.4) is 0 Å². The van der Waals surface area contributed by atoms with Crippen LogP contribution in [-0.4, -0.2) is 32.8 Å². The molecule has 0 aromatic carbocycles. The van der Waals surface area contributed by atoms with Crippen molar-refractivity contribution in [3.05, 3.63) is 17.5 Å². The van der Waals surface area contributed by atoms with Crippen LogP contribution in [0.2, 0.25) is 0 Å². The smallest absolute Gasteiger partial charge is 0.321 e. The van der Waals surface area contributed by atoms with Gasteiger partial charge in [-0.25, -0.2) is 4.79 Å². The Morgan fingerprint density at radius 3 is 2.48 bits per heavy atom. The van der Waals surface area contributed by atoms with Gasteiger partial charge in [0.2, 0.25) is 5.91 Å². The minimum absolute atomic E-state index is 0.237. The standard InChI is InChI=1S/C13H20N4O4/c1-8-9(7-17(4)16-8)6-14-12(21)15-10(18)5-13(2,3)11(19)20/h7H,5-6H2,1-4H3,(H,19,20)(H2,14,15,18,21). The number of urea groups is 1. The van der Waals surface area contributed by atoms with Crippen LogP contribution in [0, 0.1) is 12.3 Å². The van der Waals surface area contributed by atoms with Gasteiger partial charge in [0.1, 0.15) is 0 Å². The van der Waals surface area contributed by atoms with Gasteiger partial charge in [-0.3, -0.25) is 19.6 Å². The number of nitrogens with one attached hydrogen (secondary N) is 2. The molecule has 8 heteroatoms. The van der Waals surface area contributed by atoms with E-state index in [2.05, 4.69) is 15.7 Å². The summed E-state index contributed by atoms with van der Waals surface area (Å²) in [5.74, 6) is -1.73. The number of rotatable bonds is 5. The van der Waals surface area contributed by atoms with Crippen molar-refractivity contribution in [2.24, 2.45) is 12.5 Å². The van der Waals surface area contributed by atoms with Crippen molar-refractivity contribution < 1.29 is 19.5 Å². The van der Waals surface area contributed by atoms with Crippen LogP contribution in [0.4, 0.5) is 4.79 Å². The van der Waals surface area contributed by atoms with E-state index in [-0.39, 0.29) is 13.0 Å². The Hall–Kier alpha value is -2.38. The Labute approximate surface area is 122 Å². The summed E-state index contributed by atoms with van der Waals surface area (Å²) in [4.78, 5) is 34.1. The zero-order valence-corrected chi connectivity index (χ0v) is 12.6. The molecule has 21 heavy (non-hydrogen) atoms. The molecule has 0 aliphatic rings. The van der Waals surface area contributed by atoms with Crippen molar-refractivity contribution >= 4 is 17.9 Å². The number of amides is 3. The normalized spacial score (nSPS) is 11.0. The van der Waals surface area contributed by atoms with Crippen molar-refractivity contribution in [1.82, 2.24) is 20.4 Å². The maximum absolute atomic E-state index is 11.6. The molecule has 0 atom stereocenters. The number of carboxylic acid groups (broad SMARTS) is 1. The number of carbonyl (C=O) groups is 3. The molecule has 0 saturated heterocycles. The number of aliphatic carboxylic acids is 1. The molecule has 116 valence electrons. The lowest BCUT2D eigenvalue weighted by atomic mass is 9.89. The lowest BCUT2D eigenvalue weighted by molar-refractivity contribution is -0.149. The summed E-state index contributed by atoms with van der Waals surface area (Å²) in [6, 6.07) is -0.663. The number of carbonyl (C=O) groups excluding carboxylic acids is 2. The summed E-state index contributed by atoms with van der Waals surface area (Å²) in [6.45, 7) is 4.90. The zero-order valence-electron chi connectivity index (χ0n) is 12.6. The largest absolute Gasteiger partial charge is 0.481 e. The Balaban J connectivity index is 2.45. The first-order valence-electron chi connectivity index (χ1n) is 6.42. The summed E-state index contributed by atoms with van der Waals surface area (Å²) >= 11 is 0. The fourth-order valence-electron chi connectivity index (χ4n) is 1.69. The lowest BCUT2D eigenvalue weighted by Gasteiger charge is -2.17. The first-order valence-corrected chi connectivity index (χ1v) is 6.42. The monoisotopic (exact) mass is 296 g/mol. The van der Waals surface area contributed by atoms with E-state index in [0.29, 0.717) is 0 Å². The quantitative estimate of drug-likeness (QED) is 0.734.